The lowest BCUT2D eigenvalue weighted by molar-refractivity contribution is -0.133. The molecule has 0 unspecified atom stereocenters. The molecule has 1 aliphatic heterocycles. The summed E-state index contributed by atoms with van der Waals surface area (Å²) in [6.45, 7) is 1.70. The molecule has 1 heterocycles. The molecule has 2 N–H and O–H groups in total. The Morgan fingerprint density at radius 2 is 2.46 bits per heavy atom. The largest absolute Gasteiger partial charge is 0.481 e. The monoisotopic (exact) mass is 200 g/mol. The van der Waals surface area contributed by atoms with Crippen LogP contribution in [0.3, 0.4) is 0 Å². The highest BCUT2D eigenvalue weighted by molar-refractivity contribution is 8.14. The molecule has 1 aliphatic rings. The van der Waals surface area contributed by atoms with Gasteiger partial charge in [-0.3, -0.25) is 14.9 Å². The summed E-state index contributed by atoms with van der Waals surface area (Å²) in [6, 6.07) is 0. The topological polar surface area (TPSA) is 78.8 Å². The van der Waals surface area contributed by atoms with Crippen LogP contribution in [0.4, 0.5) is 0 Å². The Balaban J connectivity index is 2.55. The van der Waals surface area contributed by atoms with Gasteiger partial charge in [-0.05, 0) is 6.92 Å². The molecule has 0 aromatic rings. The van der Waals surface area contributed by atoms with Crippen LogP contribution < -0.4 is 5.32 Å². The number of allylic oxidation sites excluding steroid dienone is 1. The first-order valence-electron chi connectivity index (χ1n) is 3.54. The summed E-state index contributed by atoms with van der Waals surface area (Å²) in [7, 11) is 0. The first-order valence-corrected chi connectivity index (χ1v) is 4.53. The number of thioether (sulfide) groups is 1. The summed E-state index contributed by atoms with van der Waals surface area (Å²) in [6.07, 6.45) is 1.57. The Hall–Kier alpha value is -1.30. The molecular weight excluding hydrogens is 192 g/mol. The summed E-state index contributed by atoms with van der Waals surface area (Å²) >= 11 is 0.993. The van der Waals surface area contributed by atoms with Crippen molar-refractivity contribution in [3.63, 3.8) is 0 Å². The van der Waals surface area contributed by atoms with Gasteiger partial charge < -0.3 is 5.11 Å². The lowest BCUT2D eigenvalue weighted by Crippen LogP contribution is -2.22. The van der Waals surface area contributed by atoms with E-state index in [1.165, 1.54) is 0 Å². The smallest absolute Gasteiger partial charge is 0.313 e. The molecule has 0 saturated carbocycles. The van der Waals surface area contributed by atoms with Crippen molar-refractivity contribution in [2.24, 2.45) is 4.99 Å². The van der Waals surface area contributed by atoms with E-state index in [0.29, 0.717) is 10.9 Å². The second kappa shape index (κ2) is 4.08. The van der Waals surface area contributed by atoms with Gasteiger partial charge in [0.05, 0.1) is 5.75 Å². The number of carbonyl (C=O) groups is 2. The maximum Gasteiger partial charge on any atom is 0.313 e. The number of nitrogens with zero attached hydrogens (tertiary/aromatic N) is 1. The minimum absolute atomic E-state index is 0.101. The number of carboxylic acids is 1. The molecule has 0 radical (unpaired) electrons. The number of nitrogens with one attached hydrogen (secondary N) is 1. The zero-order valence-electron chi connectivity index (χ0n) is 6.90. The Morgan fingerprint density at radius 1 is 1.77 bits per heavy atom. The number of hydrogen-bond acceptors (Lipinski definition) is 4. The predicted molar refractivity (Wildman–Crippen MR) is 49.4 cm³/mol. The van der Waals surface area contributed by atoms with Crippen molar-refractivity contribution >= 4 is 28.8 Å². The van der Waals surface area contributed by atoms with Crippen molar-refractivity contribution in [2.75, 3.05) is 5.75 Å². The van der Waals surface area contributed by atoms with Gasteiger partial charge in [-0.25, -0.2) is 4.99 Å². The van der Waals surface area contributed by atoms with Gasteiger partial charge in [0.2, 0.25) is 0 Å². The molecule has 0 bridgehead atoms. The van der Waals surface area contributed by atoms with Gasteiger partial charge in [0, 0.05) is 0 Å². The summed E-state index contributed by atoms with van der Waals surface area (Å²) in [5.74, 6) is -1.32. The first-order chi connectivity index (χ1) is 6.13. The fraction of sp³-hybridized carbons (Fsp3) is 0.286. The summed E-state index contributed by atoms with van der Waals surface area (Å²) < 4.78 is 0. The average Bonchev–Trinajstić information content (AvgIpc) is 2.43. The van der Waals surface area contributed by atoms with Crippen molar-refractivity contribution in [1.29, 1.82) is 0 Å². The maximum atomic E-state index is 11.0. The number of amides is 1. The zero-order chi connectivity index (χ0) is 9.84. The van der Waals surface area contributed by atoms with E-state index in [0.717, 1.165) is 11.8 Å². The molecule has 13 heavy (non-hydrogen) atoms. The van der Waals surface area contributed by atoms with Crippen LogP contribution in [-0.4, -0.2) is 27.9 Å². The number of aliphatic carboxylic acids is 1. The van der Waals surface area contributed by atoms with Crippen LogP contribution in [-0.2, 0) is 9.59 Å². The standard InChI is InChI=1S/C7H8N2O3S/c1-2-4-6(12)9-7(8-4)13-3-5(10)11/h2H,3H2,1H3,(H,10,11)(H,8,9,12). The number of rotatable bonds is 2. The molecule has 6 heteroatoms. The molecule has 0 aliphatic carbocycles. The molecule has 0 aromatic heterocycles. The van der Waals surface area contributed by atoms with Crippen LogP contribution in [0.1, 0.15) is 6.92 Å². The number of amidine groups is 1. The van der Waals surface area contributed by atoms with Crippen LogP contribution in [0.5, 0.6) is 0 Å². The van der Waals surface area contributed by atoms with Crippen molar-refractivity contribution in [3.05, 3.63) is 11.8 Å². The molecule has 1 amide bonds. The maximum absolute atomic E-state index is 11.0. The van der Waals surface area contributed by atoms with Crippen molar-refractivity contribution < 1.29 is 14.7 Å². The fourth-order valence-electron chi connectivity index (χ4n) is 0.743. The third-order valence-corrected chi connectivity index (χ3v) is 2.14. The zero-order valence-corrected chi connectivity index (χ0v) is 7.72. The second-order valence-corrected chi connectivity index (χ2v) is 3.19. The first kappa shape index (κ1) is 9.79. The second-order valence-electron chi connectivity index (χ2n) is 2.23. The number of carbonyl (C=O) groups excluding carboxylic acids is 1. The molecule has 5 nitrogen and oxygen atoms in total. The molecule has 0 aromatic carbocycles. The van der Waals surface area contributed by atoms with Crippen LogP contribution >= 0.6 is 11.8 Å². The molecule has 0 atom stereocenters. The highest BCUT2D eigenvalue weighted by atomic mass is 32.2. The number of carboxylic acid groups (broad SMARTS) is 1. The van der Waals surface area contributed by atoms with E-state index >= 15 is 0 Å². The normalized spacial score (nSPS) is 18.7. The van der Waals surface area contributed by atoms with E-state index in [4.69, 9.17) is 5.11 Å². The van der Waals surface area contributed by atoms with Crippen LogP contribution in [0, 0.1) is 0 Å². The highest BCUT2D eigenvalue weighted by Gasteiger charge is 2.19. The quantitative estimate of drug-likeness (QED) is 0.624. The van der Waals surface area contributed by atoms with Gasteiger partial charge in [-0.1, -0.05) is 17.8 Å². The van der Waals surface area contributed by atoms with E-state index in [9.17, 15) is 9.59 Å². The van der Waals surface area contributed by atoms with Gasteiger partial charge in [-0.15, -0.1) is 0 Å². The fourth-order valence-corrected chi connectivity index (χ4v) is 1.33. The predicted octanol–water partition coefficient (Wildman–Crippen LogP) is 0.194. The molecule has 70 valence electrons. The Labute approximate surface area is 78.9 Å². The highest BCUT2D eigenvalue weighted by Crippen LogP contribution is 2.12. The van der Waals surface area contributed by atoms with Gasteiger partial charge >= 0.3 is 5.97 Å². The molecule has 0 saturated heterocycles. The minimum Gasteiger partial charge on any atom is -0.481 e. The third-order valence-electron chi connectivity index (χ3n) is 1.28. The van der Waals surface area contributed by atoms with E-state index in [1.54, 1.807) is 13.0 Å². The Bertz CT molecular complexity index is 309. The van der Waals surface area contributed by atoms with Gasteiger partial charge in [0.15, 0.2) is 5.17 Å². The van der Waals surface area contributed by atoms with E-state index in [1.807, 2.05) is 0 Å². The van der Waals surface area contributed by atoms with Crippen LogP contribution in [0.2, 0.25) is 0 Å². The summed E-state index contributed by atoms with van der Waals surface area (Å²) in [5, 5.41) is 11.2. The van der Waals surface area contributed by atoms with Crippen LogP contribution in [0.15, 0.2) is 16.8 Å². The van der Waals surface area contributed by atoms with E-state index < -0.39 is 5.97 Å². The molecule has 0 spiro atoms. The van der Waals surface area contributed by atoms with E-state index in [2.05, 4.69) is 10.3 Å². The number of aliphatic imine (C=N–C) groups is 1. The van der Waals surface area contributed by atoms with Gasteiger partial charge in [0.25, 0.3) is 5.91 Å². The van der Waals surface area contributed by atoms with E-state index in [-0.39, 0.29) is 11.7 Å². The lowest BCUT2D eigenvalue weighted by Gasteiger charge is -1.94. The van der Waals surface area contributed by atoms with Crippen molar-refractivity contribution in [2.45, 2.75) is 6.92 Å². The van der Waals surface area contributed by atoms with Crippen LogP contribution in [0.25, 0.3) is 0 Å². The number of hydrogen-bond donors (Lipinski definition) is 2. The Kier molecular flexibility index (Phi) is 3.07. The lowest BCUT2D eigenvalue weighted by atomic mass is 10.4. The molecule has 0 fully saturated rings. The SMILES string of the molecule is CC=C1N=C(SCC(=O)O)NC1=O. The van der Waals surface area contributed by atoms with Crippen molar-refractivity contribution in [1.82, 2.24) is 5.32 Å². The summed E-state index contributed by atoms with van der Waals surface area (Å²) in [5.41, 5.74) is 0.327. The van der Waals surface area contributed by atoms with Gasteiger partial charge in [-0.2, -0.15) is 0 Å². The average molecular weight is 200 g/mol. The molecular formula is C7H8N2O3S. The van der Waals surface area contributed by atoms with Crippen molar-refractivity contribution in [3.8, 4) is 0 Å². The summed E-state index contributed by atoms with van der Waals surface area (Å²) in [4.78, 5) is 25.1. The molecule has 1 rings (SSSR count). The van der Waals surface area contributed by atoms with Gasteiger partial charge in [0.1, 0.15) is 5.70 Å². The Morgan fingerprint density at radius 3 is 2.92 bits per heavy atom. The third kappa shape index (κ3) is 2.59. The minimum atomic E-state index is -0.934.